The lowest BCUT2D eigenvalue weighted by Gasteiger charge is -2.13. The Morgan fingerprint density at radius 1 is 1.18 bits per heavy atom. The van der Waals surface area contributed by atoms with Crippen LogP contribution in [0.25, 0.3) is 22.2 Å². The molecule has 0 radical (unpaired) electrons. The van der Waals surface area contributed by atoms with Crippen LogP contribution in [0.3, 0.4) is 0 Å². The van der Waals surface area contributed by atoms with E-state index in [0.29, 0.717) is 59.0 Å². The van der Waals surface area contributed by atoms with Gasteiger partial charge in [0.1, 0.15) is 18.1 Å². The Balaban J connectivity index is 1.37. The lowest BCUT2D eigenvalue weighted by molar-refractivity contribution is -0.114. The summed E-state index contributed by atoms with van der Waals surface area (Å²) < 4.78 is 19.5. The smallest absolute Gasteiger partial charge is 0.251 e. The van der Waals surface area contributed by atoms with E-state index in [9.17, 15) is 14.0 Å². The van der Waals surface area contributed by atoms with Crippen molar-refractivity contribution in [2.45, 2.75) is 19.4 Å². The summed E-state index contributed by atoms with van der Waals surface area (Å²) >= 11 is 0. The van der Waals surface area contributed by atoms with Gasteiger partial charge in [-0.05, 0) is 48.5 Å². The molecule has 2 aromatic heterocycles. The first-order valence-corrected chi connectivity index (χ1v) is 12.4. The molecule has 1 aliphatic heterocycles. The van der Waals surface area contributed by atoms with E-state index >= 15 is 0 Å². The number of benzene rings is 2. The van der Waals surface area contributed by atoms with Crippen molar-refractivity contribution in [3.05, 3.63) is 95.9 Å². The summed E-state index contributed by atoms with van der Waals surface area (Å²) in [7, 11) is 0. The van der Waals surface area contributed by atoms with E-state index in [1.54, 1.807) is 36.5 Å². The number of halogens is 1. The van der Waals surface area contributed by atoms with Crippen LogP contribution < -0.4 is 20.7 Å². The van der Waals surface area contributed by atoms with Crippen LogP contribution in [0.5, 0.6) is 5.75 Å². The Bertz CT molecular complexity index is 1570. The van der Waals surface area contributed by atoms with Crippen molar-refractivity contribution in [1.29, 1.82) is 0 Å². The zero-order valence-electron chi connectivity index (χ0n) is 21.1. The van der Waals surface area contributed by atoms with Gasteiger partial charge in [-0.15, -0.1) is 0 Å². The molecule has 1 atom stereocenters. The van der Waals surface area contributed by atoms with E-state index < -0.39 is 0 Å². The molecule has 4 aromatic rings. The molecule has 198 valence electrons. The Morgan fingerprint density at radius 3 is 2.77 bits per heavy atom. The fraction of sp³-hybridized carbons (Fsp3) is 0.172. The van der Waals surface area contributed by atoms with Crippen LogP contribution >= 0.6 is 0 Å². The third-order valence-electron chi connectivity index (χ3n) is 6.26. The van der Waals surface area contributed by atoms with Crippen molar-refractivity contribution in [3.63, 3.8) is 0 Å². The molecule has 1 aliphatic rings. The van der Waals surface area contributed by atoms with Gasteiger partial charge in [0.15, 0.2) is 5.75 Å². The van der Waals surface area contributed by atoms with Gasteiger partial charge in [0, 0.05) is 60.1 Å². The molecule has 0 aliphatic carbocycles. The number of ether oxygens (including phenoxy) is 1. The maximum absolute atomic E-state index is 13.6. The minimum Gasteiger partial charge on any atom is -0.514 e. The number of nitrogens with one attached hydrogen (secondary N) is 3. The number of rotatable bonds is 8. The summed E-state index contributed by atoms with van der Waals surface area (Å²) in [6, 6.07) is 14.6. The largest absolute Gasteiger partial charge is 0.514 e. The summed E-state index contributed by atoms with van der Waals surface area (Å²) in [6.45, 7) is 2.03. The van der Waals surface area contributed by atoms with Gasteiger partial charge in [-0.1, -0.05) is 6.07 Å². The maximum Gasteiger partial charge on any atom is 0.251 e. The first-order valence-electron chi connectivity index (χ1n) is 12.4. The number of aliphatic hydroxyl groups excluding tert-OH is 1. The van der Waals surface area contributed by atoms with Crippen LogP contribution in [-0.4, -0.2) is 40.0 Å². The predicted molar refractivity (Wildman–Crippen MR) is 145 cm³/mol. The van der Waals surface area contributed by atoms with Gasteiger partial charge in [-0.3, -0.25) is 14.6 Å². The van der Waals surface area contributed by atoms with Crippen LogP contribution in [0.15, 0.2) is 73.3 Å². The van der Waals surface area contributed by atoms with Crippen molar-refractivity contribution >= 4 is 28.4 Å². The fourth-order valence-corrected chi connectivity index (χ4v) is 4.52. The Hall–Kier alpha value is -4.99. The van der Waals surface area contributed by atoms with E-state index in [0.717, 1.165) is 17.2 Å². The van der Waals surface area contributed by atoms with Crippen LogP contribution in [0.4, 0.5) is 10.1 Å². The number of nitrogens with zero attached hydrogens (tertiary/aromatic N) is 2. The average molecular weight is 528 g/mol. The summed E-state index contributed by atoms with van der Waals surface area (Å²) in [5.74, 6) is -0.323. The molecule has 39 heavy (non-hydrogen) atoms. The molecule has 3 heterocycles. The molecule has 10 heteroatoms. The topological polar surface area (TPSA) is 125 Å². The molecule has 0 fully saturated rings. The van der Waals surface area contributed by atoms with E-state index in [4.69, 9.17) is 14.8 Å². The summed E-state index contributed by atoms with van der Waals surface area (Å²) in [4.78, 5) is 33.8. The second-order valence-corrected chi connectivity index (χ2v) is 9.02. The number of carbonyl (C=O) groups excluding carboxylic acids is 2. The van der Waals surface area contributed by atoms with Crippen LogP contribution in [0.2, 0.25) is 0 Å². The van der Waals surface area contributed by atoms with Crippen molar-refractivity contribution < 1.29 is 23.8 Å². The highest BCUT2D eigenvalue weighted by Gasteiger charge is 2.28. The van der Waals surface area contributed by atoms with Gasteiger partial charge < -0.3 is 25.8 Å². The summed E-state index contributed by atoms with van der Waals surface area (Å²) in [5.41, 5.74) is 4.29. The second-order valence-electron chi connectivity index (χ2n) is 9.02. The number of aromatic nitrogens is 2. The second kappa shape index (κ2) is 11.2. The number of aliphatic hydroxyl groups is 1. The number of carbonyl (C=O) groups is 2. The number of fused-ring (bicyclic) bond motifs is 2. The molecule has 0 spiro atoms. The third kappa shape index (κ3) is 5.64. The minimum atomic E-state index is -0.353. The van der Waals surface area contributed by atoms with Crippen molar-refractivity contribution in [3.8, 4) is 17.0 Å². The highest BCUT2D eigenvalue weighted by molar-refractivity contribution is 6.05. The third-order valence-corrected chi connectivity index (χ3v) is 6.26. The summed E-state index contributed by atoms with van der Waals surface area (Å²) in [6.07, 6.45) is 4.39. The number of hydrogen-bond donors (Lipinski definition) is 4. The van der Waals surface area contributed by atoms with Gasteiger partial charge in [0.05, 0.1) is 23.5 Å². The van der Waals surface area contributed by atoms with Crippen LogP contribution in [0, 0.1) is 5.82 Å². The van der Waals surface area contributed by atoms with E-state index in [1.165, 1.54) is 25.3 Å². The standard InChI is InChI=1S/C29H26FN5O4/c1-17(37)34-24-14-20(13-19-3-2-9-32-26(19)24)29(38)33-10-8-22-15-23-25(31-11-12-36)16-39-28(23)27(35-22)18-4-6-21(30)7-5-18/h2-7,9,11-15,25,31,36H,8,10,16H2,1H3,(H,33,38)(H,34,37)/b12-11+. The molecule has 0 saturated heterocycles. The van der Waals surface area contributed by atoms with Crippen molar-refractivity contribution in [1.82, 2.24) is 20.6 Å². The highest BCUT2D eigenvalue weighted by atomic mass is 19.1. The zero-order chi connectivity index (χ0) is 27.4. The zero-order valence-corrected chi connectivity index (χ0v) is 21.1. The molecule has 1 unspecified atom stereocenters. The van der Waals surface area contributed by atoms with Crippen molar-refractivity contribution in [2.24, 2.45) is 0 Å². The quantitative estimate of drug-likeness (QED) is 0.250. The summed E-state index contributed by atoms with van der Waals surface area (Å²) in [5, 5.41) is 18.5. The molecular weight excluding hydrogens is 501 g/mol. The lowest BCUT2D eigenvalue weighted by Crippen LogP contribution is -2.26. The van der Waals surface area contributed by atoms with Gasteiger partial charge in [-0.25, -0.2) is 9.37 Å². The number of hydrogen-bond acceptors (Lipinski definition) is 7. The van der Waals surface area contributed by atoms with Gasteiger partial charge in [0.2, 0.25) is 5.91 Å². The van der Waals surface area contributed by atoms with Gasteiger partial charge in [-0.2, -0.15) is 0 Å². The maximum atomic E-state index is 13.6. The van der Waals surface area contributed by atoms with E-state index in [1.807, 2.05) is 12.1 Å². The Morgan fingerprint density at radius 2 is 2.00 bits per heavy atom. The molecule has 0 saturated carbocycles. The van der Waals surface area contributed by atoms with Crippen LogP contribution in [-0.2, 0) is 11.2 Å². The minimum absolute atomic E-state index is 0.211. The molecule has 9 nitrogen and oxygen atoms in total. The SMILES string of the molecule is CC(=O)Nc1cc(C(=O)NCCc2cc3c(c(-c4ccc(F)cc4)n2)OCC3N/C=C/O)cc2cccnc12. The van der Waals surface area contributed by atoms with Crippen LogP contribution in [0.1, 0.15) is 34.6 Å². The average Bonchev–Trinajstić information content (AvgIpc) is 3.34. The number of anilines is 1. The highest BCUT2D eigenvalue weighted by Crippen LogP contribution is 2.40. The molecule has 0 bridgehead atoms. The first kappa shape index (κ1) is 25.7. The number of amides is 2. The molecule has 4 N–H and O–H groups in total. The monoisotopic (exact) mass is 527 g/mol. The predicted octanol–water partition coefficient (Wildman–Crippen LogP) is 4.42. The molecule has 2 aromatic carbocycles. The first-order chi connectivity index (χ1) is 18.9. The Labute approximate surface area is 223 Å². The van der Waals surface area contributed by atoms with E-state index in [-0.39, 0.29) is 23.7 Å². The normalized spacial score (nSPS) is 14.2. The van der Waals surface area contributed by atoms with Gasteiger partial charge in [0.25, 0.3) is 5.91 Å². The van der Waals surface area contributed by atoms with E-state index in [2.05, 4.69) is 20.9 Å². The molecule has 5 rings (SSSR count). The molecular formula is C29H26FN5O4. The Kier molecular flexibility index (Phi) is 7.35. The molecule has 2 amide bonds. The number of pyridine rings is 2. The van der Waals surface area contributed by atoms with Crippen molar-refractivity contribution in [2.75, 3.05) is 18.5 Å². The van der Waals surface area contributed by atoms with Gasteiger partial charge >= 0.3 is 0 Å². The fourth-order valence-electron chi connectivity index (χ4n) is 4.52. The lowest BCUT2D eigenvalue weighted by atomic mass is 10.0.